The number of rotatable bonds is 8. The van der Waals surface area contributed by atoms with E-state index in [2.05, 4.69) is 20.2 Å². The van der Waals surface area contributed by atoms with Crippen molar-refractivity contribution in [1.82, 2.24) is 10.2 Å². The SMILES string of the molecule is CCOC(=O)c1cccc(N2C(=O)C(Cl)=C(Nc3ccc(S(=O)(=O)Nc4ccc(Cl)nn4)cc3)C2=O)c1. The molecule has 0 fully saturated rings. The van der Waals surface area contributed by atoms with Crippen molar-refractivity contribution in [2.45, 2.75) is 11.8 Å². The number of amides is 2. The third kappa shape index (κ3) is 5.56. The van der Waals surface area contributed by atoms with E-state index in [1.807, 2.05) is 0 Å². The highest BCUT2D eigenvalue weighted by Gasteiger charge is 2.39. The summed E-state index contributed by atoms with van der Waals surface area (Å²) in [5, 5.41) is 9.72. The molecule has 4 rings (SSSR count). The van der Waals surface area contributed by atoms with Crippen LogP contribution in [-0.4, -0.2) is 43.0 Å². The third-order valence-electron chi connectivity index (χ3n) is 4.95. The maximum atomic E-state index is 13.0. The van der Waals surface area contributed by atoms with Gasteiger partial charge in [0, 0.05) is 5.69 Å². The van der Waals surface area contributed by atoms with E-state index in [1.165, 1.54) is 60.7 Å². The Morgan fingerprint density at radius 1 is 1.00 bits per heavy atom. The number of nitrogens with zero attached hydrogens (tertiary/aromatic N) is 3. The molecule has 11 nitrogen and oxygen atoms in total. The lowest BCUT2D eigenvalue weighted by molar-refractivity contribution is -0.120. The van der Waals surface area contributed by atoms with Crippen LogP contribution in [0.2, 0.25) is 5.15 Å². The number of nitrogens with one attached hydrogen (secondary N) is 2. The first-order valence-electron chi connectivity index (χ1n) is 10.6. The molecule has 2 heterocycles. The average molecular weight is 562 g/mol. The zero-order valence-electron chi connectivity index (χ0n) is 18.9. The summed E-state index contributed by atoms with van der Waals surface area (Å²) in [5.41, 5.74) is 0.376. The minimum Gasteiger partial charge on any atom is -0.462 e. The van der Waals surface area contributed by atoms with Crippen molar-refractivity contribution in [3.8, 4) is 0 Å². The minimum atomic E-state index is -3.99. The van der Waals surface area contributed by atoms with Crippen LogP contribution in [0, 0.1) is 0 Å². The largest absolute Gasteiger partial charge is 0.462 e. The van der Waals surface area contributed by atoms with E-state index in [1.54, 1.807) is 6.92 Å². The Morgan fingerprint density at radius 3 is 2.38 bits per heavy atom. The van der Waals surface area contributed by atoms with Gasteiger partial charge >= 0.3 is 5.97 Å². The number of hydrogen-bond donors (Lipinski definition) is 2. The van der Waals surface area contributed by atoms with Crippen LogP contribution in [0.1, 0.15) is 17.3 Å². The number of hydrogen-bond acceptors (Lipinski definition) is 9. The van der Waals surface area contributed by atoms with Crippen molar-refractivity contribution in [2.75, 3.05) is 21.5 Å². The molecular formula is C23H17Cl2N5O6S. The van der Waals surface area contributed by atoms with Crippen LogP contribution >= 0.6 is 23.2 Å². The molecule has 14 heteroatoms. The van der Waals surface area contributed by atoms with Crippen LogP contribution in [0.5, 0.6) is 0 Å². The van der Waals surface area contributed by atoms with Gasteiger partial charge in [0.05, 0.1) is 22.8 Å². The monoisotopic (exact) mass is 561 g/mol. The molecular weight excluding hydrogens is 545 g/mol. The van der Waals surface area contributed by atoms with Gasteiger partial charge in [0.2, 0.25) is 0 Å². The Balaban J connectivity index is 1.51. The van der Waals surface area contributed by atoms with Gasteiger partial charge in [-0.25, -0.2) is 18.1 Å². The number of aromatic nitrogens is 2. The lowest BCUT2D eigenvalue weighted by Gasteiger charge is -2.16. The number of ether oxygens (including phenoxy) is 1. The molecule has 2 amide bonds. The predicted octanol–water partition coefficient (Wildman–Crippen LogP) is 3.54. The summed E-state index contributed by atoms with van der Waals surface area (Å²) in [6, 6.07) is 13.9. The number of anilines is 3. The van der Waals surface area contributed by atoms with Crippen LogP contribution < -0.4 is 14.9 Å². The van der Waals surface area contributed by atoms with E-state index in [9.17, 15) is 22.8 Å². The maximum absolute atomic E-state index is 13.0. The highest BCUT2D eigenvalue weighted by atomic mass is 35.5. The van der Waals surface area contributed by atoms with Gasteiger partial charge in [-0.15, -0.1) is 10.2 Å². The molecule has 0 unspecified atom stereocenters. The van der Waals surface area contributed by atoms with E-state index in [4.69, 9.17) is 27.9 Å². The smallest absolute Gasteiger partial charge is 0.338 e. The molecule has 0 bridgehead atoms. The van der Waals surface area contributed by atoms with Crippen molar-refractivity contribution >= 4 is 68.2 Å². The van der Waals surface area contributed by atoms with Gasteiger partial charge < -0.3 is 10.1 Å². The fraction of sp³-hybridized carbons (Fsp3) is 0.0870. The van der Waals surface area contributed by atoms with Crippen molar-refractivity contribution < 1.29 is 27.5 Å². The summed E-state index contributed by atoms with van der Waals surface area (Å²) in [4.78, 5) is 38.6. The highest BCUT2D eigenvalue weighted by Crippen LogP contribution is 2.31. The van der Waals surface area contributed by atoms with Crippen LogP contribution in [0.4, 0.5) is 17.2 Å². The zero-order valence-corrected chi connectivity index (χ0v) is 21.3. The van der Waals surface area contributed by atoms with E-state index >= 15 is 0 Å². The van der Waals surface area contributed by atoms with Crippen LogP contribution in [0.25, 0.3) is 0 Å². The van der Waals surface area contributed by atoms with E-state index in [0.717, 1.165) is 4.90 Å². The summed E-state index contributed by atoms with van der Waals surface area (Å²) >= 11 is 11.8. The molecule has 0 saturated heterocycles. The lowest BCUT2D eigenvalue weighted by Crippen LogP contribution is -2.32. The van der Waals surface area contributed by atoms with Gasteiger partial charge in [0.15, 0.2) is 11.0 Å². The van der Waals surface area contributed by atoms with Crippen molar-refractivity contribution in [1.29, 1.82) is 0 Å². The molecule has 0 aliphatic carbocycles. The summed E-state index contributed by atoms with van der Waals surface area (Å²) in [7, 11) is -3.99. The normalized spacial score (nSPS) is 13.6. The minimum absolute atomic E-state index is 0.0225. The quantitative estimate of drug-likeness (QED) is 0.311. The Kier molecular flexibility index (Phi) is 7.43. The Morgan fingerprint density at radius 2 is 1.73 bits per heavy atom. The van der Waals surface area contributed by atoms with Crippen molar-refractivity contribution in [2.24, 2.45) is 0 Å². The van der Waals surface area contributed by atoms with Crippen LogP contribution in [0.15, 0.2) is 76.3 Å². The first kappa shape index (κ1) is 26.1. The molecule has 0 radical (unpaired) electrons. The fourth-order valence-corrected chi connectivity index (χ4v) is 4.57. The second-order valence-corrected chi connectivity index (χ2v) is 9.85. The average Bonchev–Trinajstić information content (AvgIpc) is 3.09. The fourth-order valence-electron chi connectivity index (χ4n) is 3.26. The van der Waals surface area contributed by atoms with Crippen LogP contribution in [0.3, 0.4) is 0 Å². The Hall–Kier alpha value is -4.00. The number of esters is 1. The number of sulfonamides is 1. The molecule has 1 aliphatic rings. The van der Waals surface area contributed by atoms with Gasteiger partial charge in [0.1, 0.15) is 10.7 Å². The summed E-state index contributed by atoms with van der Waals surface area (Å²) in [6.45, 7) is 1.82. The van der Waals surface area contributed by atoms with Crippen molar-refractivity contribution in [3.05, 3.63) is 82.1 Å². The van der Waals surface area contributed by atoms with E-state index in [0.29, 0.717) is 5.69 Å². The molecule has 1 aliphatic heterocycles. The number of carbonyl (C=O) groups excluding carboxylic acids is 3. The molecule has 37 heavy (non-hydrogen) atoms. The second-order valence-electron chi connectivity index (χ2n) is 7.40. The molecule has 1 aromatic heterocycles. The van der Waals surface area contributed by atoms with E-state index < -0.39 is 27.8 Å². The van der Waals surface area contributed by atoms with Gasteiger partial charge in [-0.1, -0.05) is 29.3 Å². The zero-order chi connectivity index (χ0) is 26.7. The molecule has 0 spiro atoms. The molecule has 2 N–H and O–H groups in total. The standard InChI is InChI=1S/C23H17Cl2N5O6S/c1-2-36-23(33)13-4-3-5-15(12-13)30-21(31)19(25)20(22(30)32)26-14-6-8-16(9-7-14)37(34,35)29-18-11-10-17(24)27-28-18/h3-12,26H,2H2,1H3,(H,28,29). The van der Waals surface area contributed by atoms with Gasteiger partial charge in [-0.3, -0.25) is 14.3 Å². The van der Waals surface area contributed by atoms with Crippen molar-refractivity contribution in [3.63, 3.8) is 0 Å². The summed E-state index contributed by atoms with van der Waals surface area (Å²) in [6.07, 6.45) is 0. The van der Waals surface area contributed by atoms with Crippen LogP contribution in [-0.2, 0) is 24.3 Å². The number of benzene rings is 2. The number of carbonyl (C=O) groups is 3. The predicted molar refractivity (Wildman–Crippen MR) is 136 cm³/mol. The first-order chi connectivity index (χ1) is 17.6. The molecule has 0 saturated carbocycles. The molecule has 190 valence electrons. The van der Waals surface area contributed by atoms with Gasteiger partial charge in [-0.2, -0.15) is 0 Å². The highest BCUT2D eigenvalue weighted by molar-refractivity contribution is 7.92. The number of halogens is 2. The summed E-state index contributed by atoms with van der Waals surface area (Å²) < 4.78 is 32.4. The second kappa shape index (κ2) is 10.5. The Labute approximate surface area is 221 Å². The number of imide groups is 1. The Bertz CT molecular complexity index is 1530. The molecule has 3 aromatic rings. The van der Waals surface area contributed by atoms with Gasteiger partial charge in [-0.05, 0) is 61.5 Å². The van der Waals surface area contributed by atoms with Gasteiger partial charge in [0.25, 0.3) is 21.8 Å². The molecule has 2 aromatic carbocycles. The summed E-state index contributed by atoms with van der Waals surface area (Å²) in [5.74, 6) is -2.17. The topological polar surface area (TPSA) is 148 Å². The maximum Gasteiger partial charge on any atom is 0.338 e. The van der Waals surface area contributed by atoms with E-state index in [-0.39, 0.29) is 44.5 Å². The first-order valence-corrected chi connectivity index (χ1v) is 12.8. The lowest BCUT2D eigenvalue weighted by atomic mass is 10.2. The third-order valence-corrected chi connectivity index (χ3v) is 6.87. The molecule has 0 atom stereocenters.